The van der Waals surface area contributed by atoms with E-state index in [1.165, 1.54) is 5.56 Å². The molecule has 0 spiro atoms. The number of nitrogens with one attached hydrogen (secondary N) is 1. The van der Waals surface area contributed by atoms with Crippen LogP contribution in [0.2, 0.25) is 0 Å². The number of hydrogen-bond acceptors (Lipinski definition) is 5. The maximum atomic E-state index is 4.92. The molecule has 0 aliphatic carbocycles. The van der Waals surface area contributed by atoms with Crippen molar-refractivity contribution in [3.8, 4) is 0 Å². The third-order valence-electron chi connectivity index (χ3n) is 4.91. The molecule has 7 nitrogen and oxygen atoms in total. The Morgan fingerprint density at radius 1 is 1.15 bits per heavy atom. The molecule has 1 aliphatic rings. The second-order valence-electron chi connectivity index (χ2n) is 6.65. The van der Waals surface area contributed by atoms with Crippen molar-refractivity contribution in [3.05, 3.63) is 60.1 Å². The predicted octanol–water partition coefficient (Wildman–Crippen LogP) is 2.12. The highest BCUT2D eigenvalue weighted by molar-refractivity contribution is 5.83. The van der Waals surface area contributed by atoms with Gasteiger partial charge in [0.1, 0.15) is 6.26 Å². The molecule has 0 amide bonds. The molecule has 27 heavy (non-hydrogen) atoms. The molecule has 140 valence electrons. The van der Waals surface area contributed by atoms with Crippen molar-refractivity contribution in [1.82, 2.24) is 25.3 Å². The lowest BCUT2D eigenvalue weighted by Crippen LogP contribution is -2.52. The lowest BCUT2D eigenvalue weighted by molar-refractivity contribution is 0.169. The Kier molecular flexibility index (Phi) is 5.29. The van der Waals surface area contributed by atoms with E-state index in [0.29, 0.717) is 6.54 Å². The van der Waals surface area contributed by atoms with Crippen LogP contribution in [0.25, 0.3) is 10.9 Å². The summed E-state index contributed by atoms with van der Waals surface area (Å²) in [6, 6.07) is 12.3. The molecule has 1 fully saturated rings. The highest BCUT2D eigenvalue weighted by Crippen LogP contribution is 2.16. The van der Waals surface area contributed by atoms with E-state index >= 15 is 0 Å². The van der Waals surface area contributed by atoms with Gasteiger partial charge < -0.3 is 14.7 Å². The van der Waals surface area contributed by atoms with Gasteiger partial charge in [0, 0.05) is 64.0 Å². The topological polar surface area (TPSA) is 69.8 Å². The molecule has 4 rings (SSSR count). The van der Waals surface area contributed by atoms with Gasteiger partial charge in [-0.05, 0) is 11.6 Å². The molecule has 0 radical (unpaired) electrons. The van der Waals surface area contributed by atoms with E-state index in [9.17, 15) is 0 Å². The van der Waals surface area contributed by atoms with Gasteiger partial charge in [-0.25, -0.2) is 0 Å². The lowest BCUT2D eigenvalue weighted by atomic mass is 10.1. The molecule has 0 bridgehead atoms. The minimum atomic E-state index is 0.709. The second-order valence-corrected chi connectivity index (χ2v) is 6.65. The van der Waals surface area contributed by atoms with Crippen LogP contribution in [-0.2, 0) is 13.1 Å². The number of hydrogen-bond donors (Lipinski definition) is 1. The van der Waals surface area contributed by atoms with Gasteiger partial charge in [-0.3, -0.25) is 14.9 Å². The molecule has 0 unspecified atom stereocenters. The van der Waals surface area contributed by atoms with Crippen molar-refractivity contribution in [3.63, 3.8) is 0 Å². The largest absolute Gasteiger partial charge is 0.364 e. The number of para-hydroxylation sites is 1. The number of piperazine rings is 1. The Labute approximate surface area is 158 Å². The Balaban J connectivity index is 1.34. The molecule has 0 saturated carbocycles. The first-order valence-corrected chi connectivity index (χ1v) is 9.23. The van der Waals surface area contributed by atoms with E-state index < -0.39 is 0 Å². The summed E-state index contributed by atoms with van der Waals surface area (Å²) < 4.78 is 4.92. The Morgan fingerprint density at radius 2 is 2.00 bits per heavy atom. The molecule has 0 atom stereocenters. The van der Waals surface area contributed by atoms with Gasteiger partial charge >= 0.3 is 0 Å². The van der Waals surface area contributed by atoms with Crippen LogP contribution in [0.3, 0.4) is 0 Å². The first-order chi connectivity index (χ1) is 13.3. The van der Waals surface area contributed by atoms with Crippen LogP contribution < -0.4 is 5.32 Å². The zero-order valence-corrected chi connectivity index (χ0v) is 15.5. The average molecular weight is 364 g/mol. The molecule has 1 aromatic carbocycles. The maximum Gasteiger partial charge on any atom is 0.194 e. The van der Waals surface area contributed by atoms with Crippen molar-refractivity contribution in [2.24, 2.45) is 4.99 Å². The molecule has 7 heteroatoms. The molecule has 3 heterocycles. The summed E-state index contributed by atoms with van der Waals surface area (Å²) in [7, 11) is 1.84. The molecule has 1 N–H and O–H groups in total. The van der Waals surface area contributed by atoms with Crippen LogP contribution in [0.4, 0.5) is 0 Å². The molecular weight excluding hydrogens is 340 g/mol. The molecular formula is C20H24N6O. The Hall–Kier alpha value is -2.93. The van der Waals surface area contributed by atoms with E-state index in [1.807, 2.05) is 25.4 Å². The van der Waals surface area contributed by atoms with Crippen LogP contribution in [0.15, 0.2) is 58.4 Å². The van der Waals surface area contributed by atoms with Gasteiger partial charge in [0.25, 0.3) is 0 Å². The zero-order valence-electron chi connectivity index (χ0n) is 15.5. The summed E-state index contributed by atoms with van der Waals surface area (Å²) in [6.45, 7) is 5.36. The number of aliphatic imine (C=N–C) groups is 1. The summed E-state index contributed by atoms with van der Waals surface area (Å²) >= 11 is 0. The molecule has 1 saturated heterocycles. The van der Waals surface area contributed by atoms with Crippen molar-refractivity contribution in [1.29, 1.82) is 0 Å². The average Bonchev–Trinajstić information content (AvgIpc) is 3.23. The molecule has 1 aliphatic heterocycles. The fraction of sp³-hybridized carbons (Fsp3) is 0.350. The quantitative estimate of drug-likeness (QED) is 0.565. The fourth-order valence-corrected chi connectivity index (χ4v) is 3.48. The minimum Gasteiger partial charge on any atom is -0.364 e. The lowest BCUT2D eigenvalue weighted by Gasteiger charge is -2.36. The number of rotatable bonds is 4. The van der Waals surface area contributed by atoms with Gasteiger partial charge in [0.05, 0.1) is 11.2 Å². The third kappa shape index (κ3) is 4.09. The van der Waals surface area contributed by atoms with E-state index in [1.54, 1.807) is 6.26 Å². The summed E-state index contributed by atoms with van der Waals surface area (Å²) in [5.74, 6) is 0.934. The number of benzene rings is 1. The third-order valence-corrected chi connectivity index (χ3v) is 4.91. The number of aromatic nitrogens is 2. The maximum absolute atomic E-state index is 4.92. The van der Waals surface area contributed by atoms with E-state index in [0.717, 1.165) is 55.3 Å². The molecule has 3 aromatic rings. The standard InChI is InChI=1S/C20H24N6O/c1-21-20(23-14-17-5-2-4-16-6-3-8-22-19(16)17)26-11-9-25(10-12-26)15-18-7-13-27-24-18/h2-8,13H,9-12,14-15H2,1H3,(H,21,23). The smallest absolute Gasteiger partial charge is 0.194 e. The number of fused-ring (bicyclic) bond motifs is 1. The number of pyridine rings is 1. The van der Waals surface area contributed by atoms with E-state index in [2.05, 4.69) is 54.5 Å². The SMILES string of the molecule is CN=C(NCc1cccc2cccnc12)N1CCN(Cc2ccon2)CC1. The van der Waals surface area contributed by atoms with Crippen LogP contribution in [0.5, 0.6) is 0 Å². The second kappa shape index (κ2) is 8.18. The summed E-state index contributed by atoms with van der Waals surface area (Å²) in [6.07, 6.45) is 3.47. The van der Waals surface area contributed by atoms with Crippen molar-refractivity contribution in [2.75, 3.05) is 33.2 Å². The minimum absolute atomic E-state index is 0.709. The van der Waals surface area contributed by atoms with Crippen LogP contribution in [-0.4, -0.2) is 59.1 Å². The van der Waals surface area contributed by atoms with Crippen LogP contribution >= 0.6 is 0 Å². The van der Waals surface area contributed by atoms with Gasteiger partial charge in [-0.1, -0.05) is 29.4 Å². The van der Waals surface area contributed by atoms with E-state index in [-0.39, 0.29) is 0 Å². The van der Waals surface area contributed by atoms with Gasteiger partial charge in [0.2, 0.25) is 0 Å². The van der Waals surface area contributed by atoms with E-state index in [4.69, 9.17) is 4.52 Å². The number of guanidine groups is 1. The van der Waals surface area contributed by atoms with Gasteiger partial charge in [-0.2, -0.15) is 0 Å². The highest BCUT2D eigenvalue weighted by atomic mass is 16.5. The van der Waals surface area contributed by atoms with Gasteiger partial charge in [0.15, 0.2) is 5.96 Å². The Bertz CT molecular complexity index is 894. The van der Waals surface area contributed by atoms with Crippen LogP contribution in [0, 0.1) is 0 Å². The van der Waals surface area contributed by atoms with Crippen molar-refractivity contribution >= 4 is 16.9 Å². The predicted molar refractivity (Wildman–Crippen MR) is 105 cm³/mol. The van der Waals surface area contributed by atoms with Crippen molar-refractivity contribution in [2.45, 2.75) is 13.1 Å². The first kappa shape index (κ1) is 17.5. The van der Waals surface area contributed by atoms with Crippen molar-refractivity contribution < 1.29 is 4.52 Å². The summed E-state index contributed by atoms with van der Waals surface area (Å²) in [4.78, 5) is 13.7. The Morgan fingerprint density at radius 3 is 2.78 bits per heavy atom. The summed E-state index contributed by atoms with van der Waals surface area (Å²) in [5, 5.41) is 8.65. The highest BCUT2D eigenvalue weighted by Gasteiger charge is 2.20. The fourth-order valence-electron chi connectivity index (χ4n) is 3.48. The van der Waals surface area contributed by atoms with Gasteiger partial charge in [-0.15, -0.1) is 0 Å². The monoisotopic (exact) mass is 364 g/mol. The number of nitrogens with zero attached hydrogens (tertiary/aromatic N) is 5. The molecule has 2 aromatic heterocycles. The first-order valence-electron chi connectivity index (χ1n) is 9.23. The normalized spacial score (nSPS) is 16.0. The zero-order chi connectivity index (χ0) is 18.5. The van der Waals surface area contributed by atoms with Crippen LogP contribution in [0.1, 0.15) is 11.3 Å². The summed E-state index contributed by atoms with van der Waals surface area (Å²) in [5.41, 5.74) is 3.20.